The molecule has 0 radical (unpaired) electrons. The molecular formula is C31H44O5. The van der Waals surface area contributed by atoms with Crippen molar-refractivity contribution in [3.05, 3.63) is 71.8 Å². The molecule has 5 nitrogen and oxygen atoms in total. The first kappa shape index (κ1) is 29.6. The maximum Gasteiger partial charge on any atom is 0.303 e. The highest BCUT2D eigenvalue weighted by Crippen LogP contribution is 2.36. The normalized spacial score (nSPS) is 15.5. The van der Waals surface area contributed by atoms with Gasteiger partial charge in [-0.2, -0.15) is 0 Å². The van der Waals surface area contributed by atoms with Gasteiger partial charge in [-0.15, -0.1) is 0 Å². The summed E-state index contributed by atoms with van der Waals surface area (Å²) in [6.07, 6.45) is 8.21. The van der Waals surface area contributed by atoms with Gasteiger partial charge in [-0.05, 0) is 60.5 Å². The van der Waals surface area contributed by atoms with Crippen LogP contribution < -0.4 is 0 Å². The van der Waals surface area contributed by atoms with Crippen molar-refractivity contribution in [2.75, 3.05) is 0 Å². The van der Waals surface area contributed by atoms with Gasteiger partial charge in [0.1, 0.15) is 0 Å². The summed E-state index contributed by atoms with van der Waals surface area (Å²) in [4.78, 5) is 22.3. The summed E-state index contributed by atoms with van der Waals surface area (Å²) in [5.74, 6) is -1.53. The van der Waals surface area contributed by atoms with Gasteiger partial charge in [-0.1, -0.05) is 100 Å². The number of carboxylic acids is 2. The predicted octanol–water partition coefficient (Wildman–Crippen LogP) is 7.11. The van der Waals surface area contributed by atoms with Gasteiger partial charge in [0.05, 0.1) is 6.10 Å². The lowest BCUT2D eigenvalue weighted by molar-refractivity contribution is -0.138. The fourth-order valence-corrected chi connectivity index (χ4v) is 5.21. The number of aliphatic hydroxyl groups is 1. The Bertz CT molecular complexity index is 838. The summed E-state index contributed by atoms with van der Waals surface area (Å²) in [6.45, 7) is 4.30. The smallest absolute Gasteiger partial charge is 0.303 e. The molecule has 0 bridgehead atoms. The minimum absolute atomic E-state index is 0.155. The first-order chi connectivity index (χ1) is 17.1. The molecule has 0 saturated carbocycles. The molecule has 2 unspecified atom stereocenters. The van der Waals surface area contributed by atoms with Crippen LogP contribution in [-0.2, 0) is 20.4 Å². The Kier molecular flexibility index (Phi) is 12.1. The summed E-state index contributed by atoms with van der Waals surface area (Å²) in [5.41, 5.74) is 2.00. The quantitative estimate of drug-likeness (QED) is 0.191. The molecule has 0 amide bonds. The van der Waals surface area contributed by atoms with Gasteiger partial charge in [-0.25, -0.2) is 0 Å². The van der Waals surface area contributed by atoms with E-state index in [1.165, 1.54) is 11.1 Å². The standard InChI is InChI=1S/C31H44O5/c1-30(23-19-28(33)34,25-13-5-3-6-14-25)21-11-9-17-27(32)18-10-12-22-31(2,24-20-29(35)36)26-15-7-4-8-16-26/h3-8,13-16,27,32H,9-12,17-24H2,1-2H3,(H,33,34)(H,35,36). The van der Waals surface area contributed by atoms with E-state index in [4.69, 9.17) is 0 Å². The molecule has 5 heteroatoms. The lowest BCUT2D eigenvalue weighted by atomic mass is 9.74. The Morgan fingerprint density at radius 3 is 1.33 bits per heavy atom. The lowest BCUT2D eigenvalue weighted by Crippen LogP contribution is -2.23. The first-order valence-corrected chi connectivity index (χ1v) is 13.4. The number of rotatable bonds is 18. The van der Waals surface area contributed by atoms with Crippen LogP contribution in [0.4, 0.5) is 0 Å². The summed E-state index contributed by atoms with van der Waals surface area (Å²) in [6, 6.07) is 20.3. The lowest BCUT2D eigenvalue weighted by Gasteiger charge is -2.30. The van der Waals surface area contributed by atoms with E-state index in [1.54, 1.807) is 0 Å². The summed E-state index contributed by atoms with van der Waals surface area (Å²) >= 11 is 0. The molecule has 0 aliphatic carbocycles. The Hall–Kier alpha value is -2.66. The third-order valence-electron chi connectivity index (χ3n) is 7.75. The molecule has 198 valence electrons. The number of unbranched alkanes of at least 4 members (excludes halogenated alkanes) is 2. The molecule has 0 spiro atoms. The van der Waals surface area contributed by atoms with Gasteiger partial charge in [0.2, 0.25) is 0 Å². The number of aliphatic carboxylic acids is 2. The van der Waals surface area contributed by atoms with E-state index in [9.17, 15) is 24.9 Å². The zero-order valence-electron chi connectivity index (χ0n) is 22.0. The van der Waals surface area contributed by atoms with Crippen LogP contribution in [0.5, 0.6) is 0 Å². The molecule has 2 aromatic rings. The topological polar surface area (TPSA) is 94.8 Å². The minimum atomic E-state index is -0.765. The van der Waals surface area contributed by atoms with Crippen LogP contribution in [0.1, 0.15) is 102 Å². The summed E-state index contributed by atoms with van der Waals surface area (Å²) in [7, 11) is 0. The van der Waals surface area contributed by atoms with E-state index in [-0.39, 0.29) is 29.8 Å². The van der Waals surface area contributed by atoms with Crippen molar-refractivity contribution in [3.8, 4) is 0 Å². The van der Waals surface area contributed by atoms with Gasteiger partial charge in [0.15, 0.2) is 0 Å². The van der Waals surface area contributed by atoms with Crippen molar-refractivity contribution >= 4 is 11.9 Å². The molecule has 3 N–H and O–H groups in total. The first-order valence-electron chi connectivity index (χ1n) is 13.4. The molecule has 36 heavy (non-hydrogen) atoms. The predicted molar refractivity (Wildman–Crippen MR) is 144 cm³/mol. The van der Waals surface area contributed by atoms with E-state index in [0.717, 1.165) is 51.4 Å². The number of carboxylic acid groups (broad SMARTS) is 2. The molecule has 2 aromatic carbocycles. The molecule has 0 saturated heterocycles. The van der Waals surface area contributed by atoms with Crippen LogP contribution in [0.15, 0.2) is 60.7 Å². The fraction of sp³-hybridized carbons (Fsp3) is 0.548. The van der Waals surface area contributed by atoms with Crippen molar-refractivity contribution < 1.29 is 24.9 Å². The molecular weight excluding hydrogens is 452 g/mol. The summed E-state index contributed by atoms with van der Waals surface area (Å²) in [5, 5.41) is 28.9. The van der Waals surface area contributed by atoms with Gasteiger partial charge >= 0.3 is 11.9 Å². The van der Waals surface area contributed by atoms with E-state index in [2.05, 4.69) is 38.1 Å². The average Bonchev–Trinajstić information content (AvgIpc) is 2.88. The van der Waals surface area contributed by atoms with Gasteiger partial charge in [0, 0.05) is 12.8 Å². The molecule has 0 fully saturated rings. The van der Waals surface area contributed by atoms with Crippen molar-refractivity contribution in [1.29, 1.82) is 0 Å². The van der Waals surface area contributed by atoms with Crippen LogP contribution in [-0.4, -0.2) is 33.4 Å². The van der Waals surface area contributed by atoms with Gasteiger partial charge in [-0.3, -0.25) is 9.59 Å². The van der Waals surface area contributed by atoms with Crippen LogP contribution >= 0.6 is 0 Å². The monoisotopic (exact) mass is 496 g/mol. The number of hydrogen-bond donors (Lipinski definition) is 3. The summed E-state index contributed by atoms with van der Waals surface area (Å²) < 4.78 is 0. The Morgan fingerprint density at radius 2 is 1.00 bits per heavy atom. The second-order valence-corrected chi connectivity index (χ2v) is 10.8. The molecule has 0 aliphatic heterocycles. The van der Waals surface area contributed by atoms with Gasteiger partial charge < -0.3 is 15.3 Å². The zero-order valence-corrected chi connectivity index (χ0v) is 22.0. The van der Waals surface area contributed by atoms with Crippen molar-refractivity contribution in [2.45, 2.75) is 108 Å². The van der Waals surface area contributed by atoms with Crippen LogP contribution in [0, 0.1) is 0 Å². The highest BCUT2D eigenvalue weighted by molar-refractivity contribution is 5.67. The van der Waals surface area contributed by atoms with Crippen molar-refractivity contribution in [3.63, 3.8) is 0 Å². The largest absolute Gasteiger partial charge is 0.481 e. The third kappa shape index (κ3) is 10.1. The third-order valence-corrected chi connectivity index (χ3v) is 7.75. The highest BCUT2D eigenvalue weighted by Gasteiger charge is 2.28. The number of aliphatic hydroxyl groups excluding tert-OH is 1. The Balaban J connectivity index is 1.77. The van der Waals surface area contributed by atoms with Crippen LogP contribution in [0.2, 0.25) is 0 Å². The second-order valence-electron chi connectivity index (χ2n) is 10.8. The van der Waals surface area contributed by atoms with E-state index < -0.39 is 11.9 Å². The van der Waals surface area contributed by atoms with Crippen LogP contribution in [0.25, 0.3) is 0 Å². The highest BCUT2D eigenvalue weighted by atomic mass is 16.4. The molecule has 2 rings (SSSR count). The number of hydrogen-bond acceptors (Lipinski definition) is 3. The second kappa shape index (κ2) is 14.8. The average molecular weight is 497 g/mol. The number of benzene rings is 2. The van der Waals surface area contributed by atoms with Crippen LogP contribution in [0.3, 0.4) is 0 Å². The zero-order chi connectivity index (χ0) is 26.4. The van der Waals surface area contributed by atoms with E-state index in [1.807, 2.05) is 36.4 Å². The van der Waals surface area contributed by atoms with E-state index in [0.29, 0.717) is 12.8 Å². The van der Waals surface area contributed by atoms with E-state index >= 15 is 0 Å². The maximum atomic E-state index is 11.2. The minimum Gasteiger partial charge on any atom is -0.481 e. The SMILES string of the molecule is CC(CCCCC(O)CCCCC(C)(CCC(=O)O)c1ccccc1)(CCC(=O)O)c1ccccc1. The fourth-order valence-electron chi connectivity index (χ4n) is 5.21. The molecule has 0 aliphatic rings. The van der Waals surface area contributed by atoms with Crippen molar-refractivity contribution in [1.82, 2.24) is 0 Å². The molecule has 0 aromatic heterocycles. The molecule has 0 heterocycles. The Morgan fingerprint density at radius 1 is 0.639 bits per heavy atom. The van der Waals surface area contributed by atoms with Crippen molar-refractivity contribution in [2.24, 2.45) is 0 Å². The molecule has 2 atom stereocenters. The maximum absolute atomic E-state index is 11.2. The number of carbonyl (C=O) groups is 2. The van der Waals surface area contributed by atoms with Gasteiger partial charge in [0.25, 0.3) is 0 Å². The Labute approximate surface area is 216 Å².